The number of fused-ring (bicyclic) bond motifs is 1. The molecule has 0 bridgehead atoms. The Morgan fingerprint density at radius 3 is 2.48 bits per heavy atom. The van der Waals surface area contributed by atoms with Crippen LogP contribution in [0.25, 0.3) is 11.2 Å². The number of nitriles is 1. The van der Waals surface area contributed by atoms with Crippen LogP contribution in [0, 0.1) is 17.2 Å². The van der Waals surface area contributed by atoms with Crippen LogP contribution in [0.4, 0.5) is 5.95 Å². The van der Waals surface area contributed by atoms with E-state index in [1.165, 1.54) is 10.9 Å². The number of carbonyl (C=O) groups excluding carboxylic acids is 1. The lowest BCUT2D eigenvalue weighted by atomic mass is 10.2. The quantitative estimate of drug-likeness (QED) is 0.147. The Bertz CT molecular complexity index is 1190. The number of aliphatic hydroxyl groups is 1. The second-order valence-corrected chi connectivity index (χ2v) is 11.6. The van der Waals surface area contributed by atoms with Gasteiger partial charge in [-0.2, -0.15) is 10.2 Å². The van der Waals surface area contributed by atoms with Crippen molar-refractivity contribution in [2.45, 2.75) is 72.4 Å². The summed E-state index contributed by atoms with van der Waals surface area (Å²) in [5, 5.41) is 21.8. The summed E-state index contributed by atoms with van der Waals surface area (Å²) in [6, 6.07) is 2.26. The first kappa shape index (κ1) is 35.7. The van der Waals surface area contributed by atoms with E-state index < -0.39 is 33.0 Å². The van der Waals surface area contributed by atoms with Gasteiger partial charge in [0.25, 0.3) is 14.1 Å². The molecule has 2 aromatic heterocycles. The van der Waals surface area contributed by atoms with Crippen molar-refractivity contribution in [2.75, 3.05) is 52.1 Å². The Morgan fingerprint density at radius 1 is 1.17 bits per heavy atom. The number of imidazole rings is 1. The molecule has 16 heteroatoms. The molecule has 0 aliphatic heterocycles. The minimum absolute atomic E-state index is 0.00499. The molecule has 0 saturated carbocycles. The molecule has 0 aromatic carbocycles. The van der Waals surface area contributed by atoms with E-state index in [0.717, 1.165) is 0 Å². The number of aliphatic hydroxyl groups excluding tert-OH is 1. The molecule has 2 rings (SSSR count). The van der Waals surface area contributed by atoms with E-state index in [0.29, 0.717) is 6.61 Å². The summed E-state index contributed by atoms with van der Waals surface area (Å²) in [6.07, 6.45) is -0.108. The highest BCUT2D eigenvalue weighted by Gasteiger charge is 2.29. The van der Waals surface area contributed by atoms with Crippen molar-refractivity contribution in [3.05, 3.63) is 16.7 Å². The molecule has 0 aliphatic carbocycles. The third-order valence-electron chi connectivity index (χ3n) is 5.79. The van der Waals surface area contributed by atoms with E-state index in [-0.39, 0.29) is 73.9 Å². The molecule has 2 heterocycles. The third-order valence-corrected chi connectivity index (χ3v) is 7.86. The maximum atomic E-state index is 12.7. The summed E-state index contributed by atoms with van der Waals surface area (Å²) < 4.78 is 32.7. The first-order valence-corrected chi connectivity index (χ1v) is 15.0. The van der Waals surface area contributed by atoms with E-state index in [9.17, 15) is 14.7 Å². The van der Waals surface area contributed by atoms with Gasteiger partial charge in [-0.15, -0.1) is 0 Å². The number of hydrogen-bond acceptors (Lipinski definition) is 12. The van der Waals surface area contributed by atoms with Gasteiger partial charge in [0.15, 0.2) is 17.4 Å². The molecule has 0 aliphatic rings. The lowest BCUT2D eigenvalue weighted by Crippen LogP contribution is -2.35. The van der Waals surface area contributed by atoms with Crippen molar-refractivity contribution in [2.24, 2.45) is 5.92 Å². The van der Waals surface area contributed by atoms with Crippen molar-refractivity contribution in [1.29, 1.82) is 5.26 Å². The summed E-state index contributed by atoms with van der Waals surface area (Å²) in [7, 11) is -0.0104. The van der Waals surface area contributed by atoms with Crippen LogP contribution in [-0.2, 0) is 28.1 Å². The number of H-pyrrole nitrogens is 1. The molecular weight excluding hydrogens is 569 g/mol. The fraction of sp³-hybridized carbons (Fsp3) is 0.731. The Kier molecular flexibility index (Phi) is 15.4. The molecular formula is C26H44N7O8P. The van der Waals surface area contributed by atoms with Crippen LogP contribution >= 0.6 is 8.53 Å². The van der Waals surface area contributed by atoms with Crippen LogP contribution in [-0.4, -0.2) is 100 Å². The fourth-order valence-corrected chi connectivity index (χ4v) is 5.42. The minimum Gasteiger partial charge on any atom is -0.394 e. The maximum absolute atomic E-state index is 12.7. The molecule has 0 spiro atoms. The normalized spacial score (nSPS) is 14.2. The topological polar surface area (TPSA) is 186 Å². The highest BCUT2D eigenvalue weighted by atomic mass is 31.2. The Hall–Kier alpha value is -2.54. The van der Waals surface area contributed by atoms with Crippen molar-refractivity contribution >= 4 is 31.5 Å². The standard InChI is InChI=1S/C26H44N7O8P/c1-17(2)24(35)30-26-29-23-22(25(36)31-26)28-16-32(23)21(15-38-12-11-37-7)41-20(13-34)14-40-42(39-10-8-9-27)33(18(3)4)19(5)6/h16-21,34H,8,10-15H2,1-7H3,(H2,29,30,31,35,36)/t20-,21-,42?/m1/s1. The highest BCUT2D eigenvalue weighted by Crippen LogP contribution is 2.46. The number of methoxy groups -OCH3 is 1. The zero-order valence-corrected chi connectivity index (χ0v) is 26.3. The molecule has 0 fully saturated rings. The van der Waals surface area contributed by atoms with Crippen LogP contribution in [0.15, 0.2) is 11.1 Å². The molecule has 3 atom stereocenters. The second kappa shape index (κ2) is 18.2. The Morgan fingerprint density at radius 2 is 1.88 bits per heavy atom. The van der Waals surface area contributed by atoms with Crippen LogP contribution in [0.2, 0.25) is 0 Å². The van der Waals surface area contributed by atoms with Crippen molar-refractivity contribution in [3.63, 3.8) is 0 Å². The Balaban J connectivity index is 2.34. The number of rotatable bonds is 20. The predicted molar refractivity (Wildman–Crippen MR) is 156 cm³/mol. The highest BCUT2D eigenvalue weighted by molar-refractivity contribution is 7.44. The molecule has 2 aromatic rings. The van der Waals surface area contributed by atoms with Gasteiger partial charge in [0.05, 0.1) is 58.5 Å². The molecule has 236 valence electrons. The minimum atomic E-state index is -1.56. The van der Waals surface area contributed by atoms with Gasteiger partial charge in [-0.05, 0) is 27.7 Å². The lowest BCUT2D eigenvalue weighted by Gasteiger charge is -2.36. The largest absolute Gasteiger partial charge is 0.394 e. The Labute approximate surface area is 247 Å². The van der Waals surface area contributed by atoms with Crippen molar-refractivity contribution in [1.82, 2.24) is 24.2 Å². The van der Waals surface area contributed by atoms with Gasteiger partial charge >= 0.3 is 0 Å². The van der Waals surface area contributed by atoms with E-state index >= 15 is 0 Å². The number of aromatic amines is 1. The molecule has 0 saturated heterocycles. The average molecular weight is 614 g/mol. The van der Waals surface area contributed by atoms with Crippen LogP contribution < -0.4 is 10.9 Å². The van der Waals surface area contributed by atoms with Gasteiger partial charge in [-0.1, -0.05) is 13.8 Å². The molecule has 42 heavy (non-hydrogen) atoms. The van der Waals surface area contributed by atoms with Crippen molar-refractivity contribution < 1.29 is 33.2 Å². The van der Waals surface area contributed by atoms with Gasteiger partial charge in [-0.25, -0.2) is 9.65 Å². The molecule has 1 unspecified atom stereocenters. The number of nitrogens with one attached hydrogen (secondary N) is 2. The number of amides is 1. The molecule has 1 amide bonds. The smallest absolute Gasteiger partial charge is 0.280 e. The fourth-order valence-electron chi connectivity index (χ4n) is 3.79. The summed E-state index contributed by atoms with van der Waals surface area (Å²) >= 11 is 0. The van der Waals surface area contributed by atoms with Gasteiger partial charge in [-0.3, -0.25) is 24.5 Å². The number of nitrogens with zero attached hydrogens (tertiary/aromatic N) is 5. The van der Waals surface area contributed by atoms with E-state index in [1.807, 2.05) is 27.7 Å². The number of hydrogen-bond donors (Lipinski definition) is 3. The second-order valence-electron chi connectivity index (χ2n) is 10.2. The molecule has 15 nitrogen and oxygen atoms in total. The SMILES string of the molecule is COCCOC[C@@H](O[C@H](CO)COP(OCCC#N)N(C(C)C)C(C)C)n1cnc2c(=O)[nH]c(NC(=O)C(C)C)nc21. The summed E-state index contributed by atoms with van der Waals surface area (Å²) in [5.41, 5.74) is -0.344. The van der Waals surface area contributed by atoms with Gasteiger partial charge in [0, 0.05) is 25.1 Å². The monoisotopic (exact) mass is 613 g/mol. The summed E-state index contributed by atoms with van der Waals surface area (Å²) in [4.78, 5) is 36.1. The first-order valence-electron chi connectivity index (χ1n) is 13.9. The zero-order chi connectivity index (χ0) is 31.2. The van der Waals surface area contributed by atoms with Gasteiger partial charge in [0.2, 0.25) is 11.9 Å². The first-order chi connectivity index (χ1) is 20.0. The van der Waals surface area contributed by atoms with Gasteiger partial charge in [0.1, 0.15) is 6.10 Å². The van der Waals surface area contributed by atoms with Gasteiger partial charge < -0.3 is 28.4 Å². The zero-order valence-electron chi connectivity index (χ0n) is 25.4. The van der Waals surface area contributed by atoms with Crippen LogP contribution in [0.3, 0.4) is 0 Å². The number of aromatic nitrogens is 4. The summed E-state index contributed by atoms with van der Waals surface area (Å²) in [5.74, 6) is -0.679. The van der Waals surface area contributed by atoms with E-state index in [1.54, 1.807) is 21.0 Å². The average Bonchev–Trinajstić information content (AvgIpc) is 3.36. The van der Waals surface area contributed by atoms with Crippen LogP contribution in [0.1, 0.15) is 54.2 Å². The molecule has 3 N–H and O–H groups in total. The number of anilines is 1. The van der Waals surface area contributed by atoms with E-state index in [4.69, 9.17) is 28.5 Å². The van der Waals surface area contributed by atoms with Crippen LogP contribution in [0.5, 0.6) is 0 Å². The third kappa shape index (κ3) is 10.6. The number of ether oxygens (including phenoxy) is 3. The summed E-state index contributed by atoms with van der Waals surface area (Å²) in [6.45, 7) is 11.9. The van der Waals surface area contributed by atoms with Crippen molar-refractivity contribution in [3.8, 4) is 6.07 Å². The maximum Gasteiger partial charge on any atom is 0.280 e. The number of carbonyl (C=O) groups is 1. The predicted octanol–water partition coefficient (Wildman–Crippen LogP) is 2.55. The lowest BCUT2D eigenvalue weighted by molar-refractivity contribution is -0.121. The van der Waals surface area contributed by atoms with E-state index in [2.05, 4.69) is 31.0 Å². The molecule has 0 radical (unpaired) electrons.